The number of nitrogens with two attached hydrogens (primary N) is 1. The van der Waals surface area contributed by atoms with E-state index in [1.54, 1.807) is 4.90 Å². The van der Waals surface area contributed by atoms with Crippen LogP contribution in [0.3, 0.4) is 0 Å². The minimum atomic E-state index is -0.482. The molecular weight excluding hydrogens is 384 g/mol. The number of piperidine rings is 1. The van der Waals surface area contributed by atoms with E-state index in [1.807, 2.05) is 45.0 Å². The lowest BCUT2D eigenvalue weighted by Gasteiger charge is -2.42. The van der Waals surface area contributed by atoms with E-state index < -0.39 is 5.60 Å². The van der Waals surface area contributed by atoms with E-state index >= 15 is 0 Å². The third-order valence-electron chi connectivity index (χ3n) is 4.46. The molecule has 0 spiro atoms. The van der Waals surface area contributed by atoms with Gasteiger partial charge in [-0.15, -0.1) is 0 Å². The van der Waals surface area contributed by atoms with Crippen molar-refractivity contribution in [3.8, 4) is 5.75 Å². The lowest BCUT2D eigenvalue weighted by molar-refractivity contribution is 0.00187. The quantitative estimate of drug-likeness (QED) is 0.786. The lowest BCUT2D eigenvalue weighted by atomic mass is 9.77. The Morgan fingerprint density at radius 2 is 2.00 bits per heavy atom. The average molecular weight is 413 g/mol. The second-order valence-corrected chi connectivity index (χ2v) is 8.68. The van der Waals surface area contributed by atoms with E-state index in [1.165, 1.54) is 0 Å². The summed E-state index contributed by atoms with van der Waals surface area (Å²) in [5.41, 5.74) is 5.50. The molecule has 1 unspecified atom stereocenters. The first-order valence-electron chi connectivity index (χ1n) is 8.79. The van der Waals surface area contributed by atoms with Gasteiger partial charge in [-0.3, -0.25) is 0 Å². The normalized spacial score (nSPS) is 21.1. The van der Waals surface area contributed by atoms with Crippen molar-refractivity contribution in [1.82, 2.24) is 4.90 Å². The number of ether oxygens (including phenoxy) is 2. The highest BCUT2D eigenvalue weighted by molar-refractivity contribution is 9.10. The number of hydrogen-bond donors (Lipinski definition) is 1. The van der Waals surface area contributed by atoms with E-state index in [9.17, 15) is 4.79 Å². The predicted octanol–water partition coefficient (Wildman–Crippen LogP) is 4.19. The maximum atomic E-state index is 12.4. The Balaban J connectivity index is 1.91. The van der Waals surface area contributed by atoms with Crippen molar-refractivity contribution < 1.29 is 14.3 Å². The first-order chi connectivity index (χ1) is 11.7. The largest absolute Gasteiger partial charge is 0.494 e. The minimum Gasteiger partial charge on any atom is -0.494 e. The maximum absolute atomic E-state index is 12.4. The van der Waals surface area contributed by atoms with Crippen LogP contribution in [0.5, 0.6) is 5.75 Å². The number of carbonyl (C=O) groups excluding carboxylic acids is 1. The van der Waals surface area contributed by atoms with Crippen molar-refractivity contribution in [3.63, 3.8) is 0 Å². The number of rotatable bonds is 5. The summed E-state index contributed by atoms with van der Waals surface area (Å²) < 4.78 is 12.4. The molecule has 1 fully saturated rings. The third-order valence-corrected chi connectivity index (χ3v) is 4.99. The lowest BCUT2D eigenvalue weighted by Crippen LogP contribution is -2.51. The molecule has 1 aliphatic rings. The highest BCUT2D eigenvalue weighted by Crippen LogP contribution is 2.33. The van der Waals surface area contributed by atoms with Crippen LogP contribution in [0.2, 0.25) is 0 Å². The van der Waals surface area contributed by atoms with E-state index in [0.29, 0.717) is 19.7 Å². The van der Waals surface area contributed by atoms with E-state index in [2.05, 4.69) is 15.9 Å². The van der Waals surface area contributed by atoms with Gasteiger partial charge < -0.3 is 20.1 Å². The standard InChI is InChI=1S/C19H29BrN2O3/c1-18(2,3)25-17(23)22-11-4-9-19(13-21,14-22)10-12-24-16-7-5-15(20)6-8-16/h5-8H,4,9-14,21H2,1-3H3. The summed E-state index contributed by atoms with van der Waals surface area (Å²) in [6, 6.07) is 7.79. The van der Waals surface area contributed by atoms with Gasteiger partial charge in [0.25, 0.3) is 0 Å². The van der Waals surface area contributed by atoms with Crippen molar-refractivity contribution >= 4 is 22.0 Å². The molecule has 0 bridgehead atoms. The molecule has 140 valence electrons. The van der Waals surface area contributed by atoms with Gasteiger partial charge in [-0.25, -0.2) is 4.79 Å². The summed E-state index contributed by atoms with van der Waals surface area (Å²) in [6.45, 7) is 8.13. The molecule has 2 N–H and O–H groups in total. The number of amides is 1. The van der Waals surface area contributed by atoms with E-state index in [0.717, 1.165) is 36.0 Å². The summed E-state index contributed by atoms with van der Waals surface area (Å²) in [5, 5.41) is 0. The zero-order valence-electron chi connectivity index (χ0n) is 15.4. The summed E-state index contributed by atoms with van der Waals surface area (Å²) in [7, 11) is 0. The van der Waals surface area contributed by atoms with Gasteiger partial charge >= 0.3 is 6.09 Å². The van der Waals surface area contributed by atoms with E-state index in [4.69, 9.17) is 15.2 Å². The molecule has 1 amide bonds. The monoisotopic (exact) mass is 412 g/mol. The Labute approximate surface area is 159 Å². The van der Waals surface area contributed by atoms with Gasteiger partial charge in [0, 0.05) is 23.0 Å². The molecule has 0 aliphatic carbocycles. The second kappa shape index (κ2) is 8.41. The molecule has 0 aromatic heterocycles. The summed E-state index contributed by atoms with van der Waals surface area (Å²) in [6.07, 6.45) is 2.51. The molecule has 1 atom stereocenters. The molecule has 1 aromatic carbocycles. The Kier molecular flexibility index (Phi) is 6.74. The summed E-state index contributed by atoms with van der Waals surface area (Å²) in [5.74, 6) is 0.843. The average Bonchev–Trinajstić information content (AvgIpc) is 2.55. The van der Waals surface area contributed by atoms with Crippen LogP contribution in [-0.4, -0.2) is 42.8 Å². The molecule has 1 aliphatic heterocycles. The van der Waals surface area contributed by atoms with Gasteiger partial charge in [-0.05, 0) is 70.8 Å². The van der Waals surface area contributed by atoms with Crippen LogP contribution in [0.25, 0.3) is 0 Å². The Morgan fingerprint density at radius 3 is 2.60 bits per heavy atom. The highest BCUT2D eigenvalue weighted by Gasteiger charge is 2.37. The zero-order chi connectivity index (χ0) is 18.5. The Hall–Kier alpha value is -1.27. The number of halogens is 1. The van der Waals surface area contributed by atoms with E-state index in [-0.39, 0.29) is 11.5 Å². The minimum absolute atomic E-state index is 0.107. The molecule has 1 saturated heterocycles. The van der Waals surface area contributed by atoms with Crippen LogP contribution in [0, 0.1) is 5.41 Å². The molecule has 5 nitrogen and oxygen atoms in total. The number of nitrogens with zero attached hydrogens (tertiary/aromatic N) is 1. The number of likely N-dealkylation sites (tertiary alicyclic amines) is 1. The van der Waals surface area contributed by atoms with Crippen LogP contribution in [0.4, 0.5) is 4.79 Å². The van der Waals surface area contributed by atoms with Gasteiger partial charge in [0.1, 0.15) is 11.4 Å². The van der Waals surface area contributed by atoms with Crippen molar-refractivity contribution in [1.29, 1.82) is 0 Å². The summed E-state index contributed by atoms with van der Waals surface area (Å²) in [4.78, 5) is 14.2. The van der Waals surface area contributed by atoms with Crippen LogP contribution >= 0.6 is 15.9 Å². The van der Waals surface area contributed by atoms with Gasteiger partial charge in [-0.2, -0.15) is 0 Å². The van der Waals surface area contributed by atoms with Gasteiger partial charge in [0.2, 0.25) is 0 Å². The fraction of sp³-hybridized carbons (Fsp3) is 0.632. The van der Waals surface area contributed by atoms with Crippen LogP contribution in [-0.2, 0) is 4.74 Å². The Bertz CT molecular complexity index is 571. The molecular formula is C19H29BrN2O3. The van der Waals surface area contributed by atoms with Gasteiger partial charge in [-0.1, -0.05) is 15.9 Å². The van der Waals surface area contributed by atoms with Crippen LogP contribution in [0.1, 0.15) is 40.0 Å². The predicted molar refractivity (Wildman–Crippen MR) is 103 cm³/mol. The summed E-state index contributed by atoms with van der Waals surface area (Å²) >= 11 is 3.42. The molecule has 1 heterocycles. The maximum Gasteiger partial charge on any atom is 0.410 e. The highest BCUT2D eigenvalue weighted by atomic mass is 79.9. The second-order valence-electron chi connectivity index (χ2n) is 7.76. The number of carbonyl (C=O) groups is 1. The molecule has 2 rings (SSSR count). The van der Waals surface area contributed by atoms with Crippen molar-refractivity contribution in [2.45, 2.75) is 45.6 Å². The van der Waals surface area contributed by atoms with Crippen molar-refractivity contribution in [2.75, 3.05) is 26.2 Å². The fourth-order valence-electron chi connectivity index (χ4n) is 3.08. The van der Waals surface area contributed by atoms with Gasteiger partial charge in [0.05, 0.1) is 6.61 Å². The van der Waals surface area contributed by atoms with Crippen LogP contribution < -0.4 is 10.5 Å². The number of benzene rings is 1. The first kappa shape index (κ1) is 20.0. The molecule has 1 aromatic rings. The first-order valence-corrected chi connectivity index (χ1v) is 9.59. The number of hydrogen-bond acceptors (Lipinski definition) is 4. The molecule has 25 heavy (non-hydrogen) atoms. The molecule has 6 heteroatoms. The zero-order valence-corrected chi connectivity index (χ0v) is 17.0. The Morgan fingerprint density at radius 1 is 1.32 bits per heavy atom. The molecule has 0 saturated carbocycles. The van der Waals surface area contributed by atoms with Crippen molar-refractivity contribution in [2.24, 2.45) is 11.1 Å². The fourth-order valence-corrected chi connectivity index (χ4v) is 3.34. The smallest absolute Gasteiger partial charge is 0.410 e. The van der Waals surface area contributed by atoms with Crippen molar-refractivity contribution in [3.05, 3.63) is 28.7 Å². The molecule has 0 radical (unpaired) electrons. The van der Waals surface area contributed by atoms with Crippen LogP contribution in [0.15, 0.2) is 28.7 Å². The SMILES string of the molecule is CC(C)(C)OC(=O)N1CCCC(CN)(CCOc2ccc(Br)cc2)C1. The topological polar surface area (TPSA) is 64.8 Å². The van der Waals surface area contributed by atoms with Gasteiger partial charge in [0.15, 0.2) is 0 Å². The third kappa shape index (κ3) is 6.19.